The molecule has 2 rings (SSSR count). The van der Waals surface area contributed by atoms with Gasteiger partial charge in [-0.05, 0) is 30.7 Å². The van der Waals surface area contributed by atoms with Gasteiger partial charge < -0.3 is 15.8 Å². The van der Waals surface area contributed by atoms with Gasteiger partial charge in [-0.2, -0.15) is 5.26 Å². The summed E-state index contributed by atoms with van der Waals surface area (Å²) >= 11 is 0. The quantitative estimate of drug-likeness (QED) is 0.824. The minimum absolute atomic E-state index is 0.514. The summed E-state index contributed by atoms with van der Waals surface area (Å²) in [7, 11) is 1.57. The number of nitriles is 1. The Morgan fingerprint density at radius 2 is 1.95 bits per heavy atom. The summed E-state index contributed by atoms with van der Waals surface area (Å²) in [6, 6.07) is 13.2. The van der Waals surface area contributed by atoms with Gasteiger partial charge >= 0.3 is 0 Å². The predicted octanol–water partition coefficient (Wildman–Crippen LogP) is 3.20. The average molecular weight is 253 g/mol. The lowest BCUT2D eigenvalue weighted by atomic mass is 10.1. The van der Waals surface area contributed by atoms with Gasteiger partial charge in [0.1, 0.15) is 11.8 Å². The molecule has 96 valence electrons. The van der Waals surface area contributed by atoms with Crippen LogP contribution in [0.1, 0.15) is 11.1 Å². The van der Waals surface area contributed by atoms with Gasteiger partial charge in [-0.25, -0.2) is 0 Å². The fourth-order valence-electron chi connectivity index (χ4n) is 1.85. The van der Waals surface area contributed by atoms with E-state index in [0.717, 1.165) is 11.3 Å². The van der Waals surface area contributed by atoms with Crippen molar-refractivity contribution in [1.82, 2.24) is 0 Å². The Labute approximate surface area is 112 Å². The van der Waals surface area contributed by atoms with Crippen molar-refractivity contribution in [2.45, 2.75) is 6.92 Å². The zero-order chi connectivity index (χ0) is 13.8. The maximum absolute atomic E-state index is 9.16. The number of rotatable bonds is 3. The van der Waals surface area contributed by atoms with Crippen LogP contribution in [0.4, 0.5) is 17.1 Å². The lowest BCUT2D eigenvalue weighted by Gasteiger charge is -2.15. The van der Waals surface area contributed by atoms with E-state index < -0.39 is 0 Å². The van der Waals surface area contributed by atoms with E-state index in [0.29, 0.717) is 22.7 Å². The summed E-state index contributed by atoms with van der Waals surface area (Å²) in [4.78, 5) is 0. The molecule has 4 heteroatoms. The molecule has 0 amide bonds. The van der Waals surface area contributed by atoms with E-state index in [1.54, 1.807) is 25.3 Å². The first-order chi connectivity index (χ1) is 9.17. The van der Waals surface area contributed by atoms with E-state index in [-0.39, 0.29) is 0 Å². The third-order valence-corrected chi connectivity index (χ3v) is 2.95. The minimum atomic E-state index is 0.514. The van der Waals surface area contributed by atoms with Crippen molar-refractivity contribution < 1.29 is 4.74 Å². The molecule has 0 fully saturated rings. The van der Waals surface area contributed by atoms with Gasteiger partial charge in [0, 0.05) is 0 Å². The molecular formula is C15H15N3O. The van der Waals surface area contributed by atoms with Crippen LogP contribution in [0.15, 0.2) is 36.4 Å². The first-order valence-corrected chi connectivity index (χ1v) is 5.86. The van der Waals surface area contributed by atoms with Crippen molar-refractivity contribution in [1.29, 1.82) is 5.26 Å². The molecule has 2 aromatic carbocycles. The number of nitrogens with zero attached hydrogens (tertiary/aromatic N) is 1. The Morgan fingerprint density at radius 1 is 1.21 bits per heavy atom. The zero-order valence-corrected chi connectivity index (χ0v) is 10.9. The molecule has 0 saturated heterocycles. The number of nitrogens with one attached hydrogen (secondary N) is 1. The van der Waals surface area contributed by atoms with Gasteiger partial charge in [0.25, 0.3) is 0 Å². The average Bonchev–Trinajstić information content (AvgIpc) is 2.44. The fourth-order valence-corrected chi connectivity index (χ4v) is 1.85. The normalized spacial score (nSPS) is 9.74. The van der Waals surface area contributed by atoms with E-state index in [1.165, 1.54) is 0 Å². The van der Waals surface area contributed by atoms with Gasteiger partial charge in [0.05, 0.1) is 29.7 Å². The lowest BCUT2D eigenvalue weighted by Crippen LogP contribution is -2.01. The number of nitrogen functional groups attached to an aromatic ring is 1. The maximum atomic E-state index is 9.16. The Bertz CT molecular complexity index is 644. The summed E-state index contributed by atoms with van der Waals surface area (Å²) in [5.41, 5.74) is 9.58. The van der Waals surface area contributed by atoms with Crippen LogP contribution in [-0.2, 0) is 0 Å². The zero-order valence-electron chi connectivity index (χ0n) is 10.9. The van der Waals surface area contributed by atoms with Crippen molar-refractivity contribution >= 4 is 17.1 Å². The molecule has 2 aromatic rings. The molecule has 0 aliphatic carbocycles. The highest BCUT2D eigenvalue weighted by Gasteiger charge is 2.10. The number of benzene rings is 2. The van der Waals surface area contributed by atoms with Crippen LogP contribution in [0.2, 0.25) is 0 Å². The van der Waals surface area contributed by atoms with Crippen LogP contribution >= 0.6 is 0 Å². The number of nitrogens with two attached hydrogens (primary N) is 1. The van der Waals surface area contributed by atoms with Crippen molar-refractivity contribution in [3.63, 3.8) is 0 Å². The third-order valence-electron chi connectivity index (χ3n) is 2.95. The Kier molecular flexibility index (Phi) is 3.58. The van der Waals surface area contributed by atoms with Crippen LogP contribution in [0.25, 0.3) is 0 Å². The van der Waals surface area contributed by atoms with Gasteiger partial charge in [0.2, 0.25) is 0 Å². The fraction of sp³-hybridized carbons (Fsp3) is 0.133. The maximum Gasteiger partial charge on any atom is 0.143 e. The largest absolute Gasteiger partial charge is 0.495 e. The Hall–Kier alpha value is -2.67. The van der Waals surface area contributed by atoms with Crippen LogP contribution in [0.5, 0.6) is 5.75 Å². The van der Waals surface area contributed by atoms with E-state index in [2.05, 4.69) is 11.4 Å². The molecule has 0 saturated carbocycles. The summed E-state index contributed by atoms with van der Waals surface area (Å²) in [6.07, 6.45) is 0. The molecule has 0 aliphatic heterocycles. The van der Waals surface area contributed by atoms with Crippen LogP contribution in [0.3, 0.4) is 0 Å². The summed E-state index contributed by atoms with van der Waals surface area (Å²) in [6.45, 7) is 1.94. The van der Waals surface area contributed by atoms with Crippen molar-refractivity contribution in [3.8, 4) is 11.8 Å². The van der Waals surface area contributed by atoms with Crippen LogP contribution < -0.4 is 15.8 Å². The van der Waals surface area contributed by atoms with E-state index in [9.17, 15) is 0 Å². The van der Waals surface area contributed by atoms with Crippen molar-refractivity contribution in [3.05, 3.63) is 47.5 Å². The number of hydrogen-bond donors (Lipinski definition) is 2. The molecule has 19 heavy (non-hydrogen) atoms. The Morgan fingerprint density at radius 3 is 2.63 bits per heavy atom. The van der Waals surface area contributed by atoms with Gasteiger partial charge in [-0.15, -0.1) is 0 Å². The second-order valence-electron chi connectivity index (χ2n) is 4.16. The summed E-state index contributed by atoms with van der Waals surface area (Å²) in [5, 5.41) is 12.3. The van der Waals surface area contributed by atoms with E-state index >= 15 is 0 Å². The number of ether oxygens (including phenoxy) is 1. The standard InChI is InChI=1S/C15H15N3O/c1-10-5-3-7-12(14(10)17)18-15-11(9-16)6-4-8-13(15)19-2/h3-8,18H,17H2,1-2H3. The second-order valence-corrected chi connectivity index (χ2v) is 4.16. The number of methoxy groups -OCH3 is 1. The monoisotopic (exact) mass is 253 g/mol. The molecule has 0 radical (unpaired) electrons. The lowest BCUT2D eigenvalue weighted by molar-refractivity contribution is 0.416. The smallest absolute Gasteiger partial charge is 0.143 e. The van der Waals surface area contributed by atoms with Crippen LogP contribution in [0, 0.1) is 18.3 Å². The predicted molar refractivity (Wildman–Crippen MR) is 76.6 cm³/mol. The molecule has 0 unspecified atom stereocenters. The highest BCUT2D eigenvalue weighted by molar-refractivity contribution is 5.80. The molecule has 0 aromatic heterocycles. The molecule has 3 N–H and O–H groups in total. The van der Waals surface area contributed by atoms with E-state index in [1.807, 2.05) is 25.1 Å². The molecule has 0 bridgehead atoms. The first-order valence-electron chi connectivity index (χ1n) is 5.86. The van der Waals surface area contributed by atoms with Gasteiger partial charge in [-0.1, -0.05) is 18.2 Å². The van der Waals surface area contributed by atoms with E-state index in [4.69, 9.17) is 15.7 Å². The summed E-state index contributed by atoms with van der Waals surface area (Å²) < 4.78 is 5.28. The molecule has 0 aliphatic rings. The SMILES string of the molecule is COc1cccc(C#N)c1Nc1cccc(C)c1N. The molecule has 0 heterocycles. The third kappa shape index (κ3) is 2.45. The number of para-hydroxylation sites is 2. The highest BCUT2D eigenvalue weighted by atomic mass is 16.5. The number of anilines is 3. The molecular weight excluding hydrogens is 238 g/mol. The molecule has 0 atom stereocenters. The van der Waals surface area contributed by atoms with Crippen molar-refractivity contribution in [2.75, 3.05) is 18.2 Å². The van der Waals surface area contributed by atoms with Crippen molar-refractivity contribution in [2.24, 2.45) is 0 Å². The second kappa shape index (κ2) is 5.32. The van der Waals surface area contributed by atoms with Crippen LogP contribution in [-0.4, -0.2) is 7.11 Å². The Balaban J connectivity index is 2.49. The first kappa shape index (κ1) is 12.8. The number of hydrogen-bond acceptors (Lipinski definition) is 4. The summed E-state index contributed by atoms with van der Waals surface area (Å²) in [5.74, 6) is 0.611. The topological polar surface area (TPSA) is 71.1 Å². The highest BCUT2D eigenvalue weighted by Crippen LogP contribution is 2.33. The van der Waals surface area contributed by atoms with Gasteiger partial charge in [0.15, 0.2) is 0 Å². The number of aryl methyl sites for hydroxylation is 1. The molecule has 4 nitrogen and oxygen atoms in total. The molecule has 0 spiro atoms. The van der Waals surface area contributed by atoms with Gasteiger partial charge in [-0.3, -0.25) is 0 Å². The minimum Gasteiger partial charge on any atom is -0.495 e.